The van der Waals surface area contributed by atoms with Crippen LogP contribution in [0.1, 0.15) is 168 Å². The molecule has 1 unspecified atom stereocenters. The molecule has 0 fully saturated rings. The molecule has 1 atom stereocenters. The van der Waals surface area contributed by atoms with Crippen LogP contribution in [-0.4, -0.2) is 37.0 Å². The number of allylic oxidation sites excluding steroid dienone is 14. The second-order valence-corrected chi connectivity index (χ2v) is 12.9. The van der Waals surface area contributed by atoms with E-state index in [1.165, 1.54) is 70.6 Å². The van der Waals surface area contributed by atoms with Gasteiger partial charge in [0.05, 0.1) is 13.2 Å². The van der Waals surface area contributed by atoms with Crippen LogP contribution in [0.4, 0.5) is 0 Å². The lowest BCUT2D eigenvalue weighted by Crippen LogP contribution is -2.27. The van der Waals surface area contributed by atoms with E-state index in [1.807, 2.05) is 0 Å². The molecule has 0 aromatic heterocycles. The topological polar surface area (TPSA) is 55.8 Å². The highest BCUT2D eigenvalue weighted by Crippen LogP contribution is 2.12. The van der Waals surface area contributed by atoms with Gasteiger partial charge in [-0.05, 0) is 83.5 Å². The average Bonchev–Trinajstić information content (AvgIpc) is 3.11. The zero-order chi connectivity index (χ0) is 35.6. The van der Waals surface area contributed by atoms with Crippen molar-refractivity contribution in [1.82, 2.24) is 0 Å². The molecule has 0 rings (SSSR count). The van der Waals surface area contributed by atoms with Gasteiger partial charge >= 0.3 is 5.97 Å². The molecule has 0 saturated heterocycles. The largest absolute Gasteiger partial charge is 0.457 e. The number of carbonyl (C=O) groups is 1. The molecule has 0 aliphatic carbocycles. The van der Waals surface area contributed by atoms with E-state index in [1.54, 1.807) is 0 Å². The van der Waals surface area contributed by atoms with Crippen LogP contribution in [0.15, 0.2) is 85.1 Å². The van der Waals surface area contributed by atoms with E-state index in [-0.39, 0.29) is 19.2 Å². The van der Waals surface area contributed by atoms with Crippen molar-refractivity contribution in [1.29, 1.82) is 0 Å². The first kappa shape index (κ1) is 46.6. The lowest BCUT2D eigenvalue weighted by molar-refractivity contribution is -0.154. The Bertz CT molecular complexity index is 892. The third-order valence-corrected chi connectivity index (χ3v) is 8.22. The maximum absolute atomic E-state index is 12.2. The zero-order valence-electron chi connectivity index (χ0n) is 31.9. The van der Waals surface area contributed by atoms with Crippen molar-refractivity contribution in [2.24, 2.45) is 0 Å². The van der Waals surface area contributed by atoms with E-state index in [0.717, 1.165) is 77.0 Å². The van der Waals surface area contributed by atoms with Gasteiger partial charge < -0.3 is 14.6 Å². The summed E-state index contributed by atoms with van der Waals surface area (Å²) in [5.74, 6) is -0.221. The Kier molecular flexibility index (Phi) is 39.7. The third-order valence-electron chi connectivity index (χ3n) is 8.22. The van der Waals surface area contributed by atoms with E-state index >= 15 is 0 Å². The summed E-state index contributed by atoms with van der Waals surface area (Å²) in [6, 6.07) is 0. The number of esters is 1. The van der Waals surface area contributed by atoms with Crippen LogP contribution in [0, 0.1) is 0 Å². The number of ether oxygens (including phenoxy) is 2. The molecule has 4 nitrogen and oxygen atoms in total. The first-order valence-electron chi connectivity index (χ1n) is 20.2. The fraction of sp³-hybridized carbons (Fsp3) is 0.667. The second-order valence-electron chi connectivity index (χ2n) is 12.9. The van der Waals surface area contributed by atoms with E-state index in [2.05, 4.69) is 98.9 Å². The average molecular weight is 681 g/mol. The fourth-order valence-corrected chi connectivity index (χ4v) is 5.27. The molecular weight excluding hydrogens is 604 g/mol. The molecule has 0 aromatic rings. The maximum atomic E-state index is 12.2. The molecule has 0 saturated carbocycles. The second kappa shape index (κ2) is 41.7. The van der Waals surface area contributed by atoms with Gasteiger partial charge in [0.1, 0.15) is 6.10 Å². The van der Waals surface area contributed by atoms with Crippen molar-refractivity contribution in [3.63, 3.8) is 0 Å². The Labute approximate surface area is 303 Å². The fourth-order valence-electron chi connectivity index (χ4n) is 5.27. The van der Waals surface area contributed by atoms with E-state index in [0.29, 0.717) is 13.0 Å². The SMILES string of the molecule is CC/C=C\C/C=C\C/C=C\C/C=C\CCCCCCCCC(=O)OC(CO)COCCCCCCCCCC/C=C\C/C=C\C/C=C\CC. The smallest absolute Gasteiger partial charge is 0.306 e. The van der Waals surface area contributed by atoms with Crippen LogP contribution in [-0.2, 0) is 14.3 Å². The van der Waals surface area contributed by atoms with Crippen molar-refractivity contribution in [2.45, 2.75) is 174 Å². The van der Waals surface area contributed by atoms with Gasteiger partial charge in [-0.25, -0.2) is 0 Å². The number of unbranched alkanes of at least 4 members (excludes halogenated alkanes) is 14. The summed E-state index contributed by atoms with van der Waals surface area (Å²) in [6.45, 7) is 5.08. The minimum atomic E-state index is -0.551. The number of hydrogen-bond donors (Lipinski definition) is 1. The molecular formula is C45H76O4. The summed E-state index contributed by atoms with van der Waals surface area (Å²) in [7, 11) is 0. The Hall–Kier alpha value is -2.43. The first-order valence-corrected chi connectivity index (χ1v) is 20.2. The number of aliphatic hydroxyl groups is 1. The highest BCUT2D eigenvalue weighted by atomic mass is 16.6. The summed E-state index contributed by atoms with van der Waals surface area (Å²) in [5.41, 5.74) is 0. The normalized spacial score (nSPS) is 13.3. The van der Waals surface area contributed by atoms with E-state index in [9.17, 15) is 9.90 Å². The van der Waals surface area contributed by atoms with Gasteiger partial charge in [0.25, 0.3) is 0 Å². The van der Waals surface area contributed by atoms with Crippen LogP contribution >= 0.6 is 0 Å². The van der Waals surface area contributed by atoms with Crippen LogP contribution in [0.25, 0.3) is 0 Å². The van der Waals surface area contributed by atoms with Crippen LogP contribution in [0.3, 0.4) is 0 Å². The Morgan fingerprint density at radius 2 is 0.857 bits per heavy atom. The van der Waals surface area contributed by atoms with E-state index < -0.39 is 6.10 Å². The van der Waals surface area contributed by atoms with E-state index in [4.69, 9.17) is 9.47 Å². The van der Waals surface area contributed by atoms with Crippen molar-refractivity contribution < 1.29 is 19.4 Å². The molecule has 0 amide bonds. The maximum Gasteiger partial charge on any atom is 0.306 e. The molecule has 49 heavy (non-hydrogen) atoms. The van der Waals surface area contributed by atoms with Gasteiger partial charge in [-0.3, -0.25) is 4.79 Å². The summed E-state index contributed by atoms with van der Waals surface area (Å²) >= 11 is 0. The zero-order valence-corrected chi connectivity index (χ0v) is 31.9. The molecule has 0 heterocycles. The number of hydrogen-bond acceptors (Lipinski definition) is 4. The minimum Gasteiger partial charge on any atom is -0.457 e. The number of carbonyl (C=O) groups excluding carboxylic acids is 1. The molecule has 0 aromatic carbocycles. The van der Waals surface area contributed by atoms with Crippen molar-refractivity contribution >= 4 is 5.97 Å². The summed E-state index contributed by atoms with van der Waals surface area (Å²) in [6.07, 6.45) is 57.7. The Morgan fingerprint density at radius 3 is 1.29 bits per heavy atom. The van der Waals surface area contributed by atoms with Crippen LogP contribution < -0.4 is 0 Å². The van der Waals surface area contributed by atoms with Gasteiger partial charge in [0.2, 0.25) is 0 Å². The monoisotopic (exact) mass is 681 g/mol. The van der Waals surface area contributed by atoms with Gasteiger partial charge in [0, 0.05) is 13.0 Å². The first-order chi connectivity index (χ1) is 24.2. The molecule has 4 heteroatoms. The molecule has 0 aliphatic rings. The molecule has 0 spiro atoms. The van der Waals surface area contributed by atoms with Crippen LogP contribution in [0.2, 0.25) is 0 Å². The molecule has 0 bridgehead atoms. The highest BCUT2D eigenvalue weighted by Gasteiger charge is 2.13. The van der Waals surface area contributed by atoms with Gasteiger partial charge in [0.15, 0.2) is 0 Å². The molecule has 280 valence electrons. The molecule has 1 N–H and O–H groups in total. The summed E-state index contributed by atoms with van der Waals surface area (Å²) < 4.78 is 11.1. The van der Waals surface area contributed by atoms with Gasteiger partial charge in [-0.1, -0.05) is 163 Å². The quantitative estimate of drug-likeness (QED) is 0.0406. The predicted molar refractivity (Wildman–Crippen MR) is 214 cm³/mol. The van der Waals surface area contributed by atoms with Gasteiger partial charge in [-0.15, -0.1) is 0 Å². The van der Waals surface area contributed by atoms with Crippen LogP contribution in [0.5, 0.6) is 0 Å². The number of rotatable bonds is 36. The summed E-state index contributed by atoms with van der Waals surface area (Å²) in [5, 5.41) is 9.59. The Balaban J connectivity index is 3.51. The standard InChI is InChI=1S/C45H76O4/c1-3-5-7-9-11-13-15-17-19-21-23-24-26-28-30-32-34-36-38-40-45(47)49-44(42-46)43-48-41-39-37-35-33-31-29-27-25-22-20-18-16-14-12-10-8-6-4-2/h5-8,11-14,17-20,23-24,44,46H,3-4,9-10,15-16,21-22,25-43H2,1-2H3/b7-5-,8-6-,13-11-,14-12-,19-17-,20-18-,24-23-. The molecule has 0 aliphatic heterocycles. The summed E-state index contributed by atoms with van der Waals surface area (Å²) in [4.78, 5) is 12.2. The van der Waals surface area contributed by atoms with Gasteiger partial charge in [-0.2, -0.15) is 0 Å². The predicted octanol–water partition coefficient (Wildman–Crippen LogP) is 13.2. The minimum absolute atomic E-state index is 0.186. The van der Waals surface area contributed by atoms with Crippen molar-refractivity contribution in [3.05, 3.63) is 85.1 Å². The number of aliphatic hydroxyl groups excluding tert-OH is 1. The van der Waals surface area contributed by atoms with Crippen molar-refractivity contribution in [3.8, 4) is 0 Å². The third kappa shape index (κ3) is 39.9. The lowest BCUT2D eigenvalue weighted by atomic mass is 10.1. The highest BCUT2D eigenvalue weighted by molar-refractivity contribution is 5.69. The lowest BCUT2D eigenvalue weighted by Gasteiger charge is -2.15. The Morgan fingerprint density at radius 1 is 0.490 bits per heavy atom. The molecule has 0 radical (unpaired) electrons. The van der Waals surface area contributed by atoms with Crippen molar-refractivity contribution in [2.75, 3.05) is 19.8 Å².